The summed E-state index contributed by atoms with van der Waals surface area (Å²) >= 11 is 0. The summed E-state index contributed by atoms with van der Waals surface area (Å²) in [6.45, 7) is 1.31. The molecule has 0 radical (unpaired) electrons. The van der Waals surface area contributed by atoms with E-state index < -0.39 is 11.8 Å². The largest absolute Gasteiger partial charge is 0.380 e. The van der Waals surface area contributed by atoms with E-state index in [1.165, 1.54) is 6.07 Å². The molecule has 5 N–H and O–H groups in total. The molecule has 0 aliphatic carbocycles. The predicted molar refractivity (Wildman–Crippen MR) is 66.3 cm³/mol. The average molecular weight is 249 g/mol. The van der Waals surface area contributed by atoms with Gasteiger partial charge in [0.2, 0.25) is 11.8 Å². The molecule has 1 aliphatic rings. The van der Waals surface area contributed by atoms with E-state index in [2.05, 4.69) is 5.32 Å². The van der Waals surface area contributed by atoms with E-state index in [-0.39, 0.29) is 17.2 Å². The summed E-state index contributed by atoms with van der Waals surface area (Å²) in [5.74, 6) is -1.19. The Balaban J connectivity index is 2.27. The van der Waals surface area contributed by atoms with Crippen LogP contribution in [0.15, 0.2) is 18.2 Å². The molecule has 1 saturated heterocycles. The second-order valence-corrected chi connectivity index (χ2v) is 4.23. The van der Waals surface area contributed by atoms with Gasteiger partial charge in [-0.05, 0) is 24.6 Å². The van der Waals surface area contributed by atoms with Gasteiger partial charge in [0.05, 0.1) is 12.6 Å². The first-order valence-corrected chi connectivity index (χ1v) is 5.65. The number of hydrogen-bond acceptors (Lipinski definition) is 4. The SMILES string of the molecule is NC(=O)c1cc(NC2CCOC2)cc(C(N)=O)c1. The van der Waals surface area contributed by atoms with Crippen LogP contribution in [-0.2, 0) is 4.74 Å². The third kappa shape index (κ3) is 2.78. The Morgan fingerprint density at radius 1 is 1.17 bits per heavy atom. The van der Waals surface area contributed by atoms with E-state index in [1.54, 1.807) is 12.1 Å². The maximum atomic E-state index is 11.2. The molecule has 2 amide bonds. The third-order valence-corrected chi connectivity index (χ3v) is 2.80. The molecule has 1 aromatic rings. The fraction of sp³-hybridized carbons (Fsp3) is 0.333. The molecule has 96 valence electrons. The first-order chi connectivity index (χ1) is 8.56. The van der Waals surface area contributed by atoms with Crippen LogP contribution in [0.1, 0.15) is 27.1 Å². The van der Waals surface area contributed by atoms with E-state index in [4.69, 9.17) is 16.2 Å². The van der Waals surface area contributed by atoms with Crippen molar-refractivity contribution in [1.29, 1.82) is 0 Å². The lowest BCUT2D eigenvalue weighted by atomic mass is 10.1. The molecule has 18 heavy (non-hydrogen) atoms. The van der Waals surface area contributed by atoms with Gasteiger partial charge in [-0.15, -0.1) is 0 Å². The van der Waals surface area contributed by atoms with Gasteiger partial charge in [0.1, 0.15) is 0 Å². The number of hydrogen-bond donors (Lipinski definition) is 3. The van der Waals surface area contributed by atoms with Crippen molar-refractivity contribution in [3.05, 3.63) is 29.3 Å². The summed E-state index contributed by atoms with van der Waals surface area (Å²) < 4.78 is 5.24. The Morgan fingerprint density at radius 3 is 2.22 bits per heavy atom. The summed E-state index contributed by atoms with van der Waals surface area (Å²) in [6.07, 6.45) is 0.882. The van der Waals surface area contributed by atoms with Gasteiger partial charge in [0.25, 0.3) is 0 Å². The number of nitrogens with one attached hydrogen (secondary N) is 1. The van der Waals surface area contributed by atoms with Crippen molar-refractivity contribution >= 4 is 17.5 Å². The molecular formula is C12H15N3O3. The van der Waals surface area contributed by atoms with Crippen molar-refractivity contribution in [3.63, 3.8) is 0 Å². The van der Waals surface area contributed by atoms with Crippen molar-refractivity contribution < 1.29 is 14.3 Å². The lowest BCUT2D eigenvalue weighted by molar-refractivity contribution is 0.0999. The van der Waals surface area contributed by atoms with Gasteiger partial charge in [0.15, 0.2) is 0 Å². The number of ether oxygens (including phenoxy) is 1. The summed E-state index contributed by atoms with van der Waals surface area (Å²) in [7, 11) is 0. The maximum Gasteiger partial charge on any atom is 0.248 e. The van der Waals surface area contributed by atoms with Gasteiger partial charge < -0.3 is 21.5 Å². The molecule has 1 heterocycles. The smallest absolute Gasteiger partial charge is 0.248 e. The van der Waals surface area contributed by atoms with Crippen molar-refractivity contribution in [2.24, 2.45) is 11.5 Å². The van der Waals surface area contributed by atoms with E-state index in [0.717, 1.165) is 6.42 Å². The number of benzene rings is 1. The van der Waals surface area contributed by atoms with Crippen LogP contribution in [0.3, 0.4) is 0 Å². The molecule has 1 fully saturated rings. The molecule has 1 aliphatic heterocycles. The molecule has 2 rings (SSSR count). The highest BCUT2D eigenvalue weighted by molar-refractivity contribution is 5.99. The number of rotatable bonds is 4. The first-order valence-electron chi connectivity index (χ1n) is 5.65. The Morgan fingerprint density at radius 2 is 1.78 bits per heavy atom. The standard InChI is InChI=1S/C12H15N3O3/c13-11(16)7-3-8(12(14)17)5-10(4-7)15-9-1-2-18-6-9/h3-5,9,15H,1-2,6H2,(H2,13,16)(H2,14,17). The van der Waals surface area contributed by atoms with Crippen LogP contribution in [-0.4, -0.2) is 31.1 Å². The molecular weight excluding hydrogens is 234 g/mol. The number of carbonyl (C=O) groups excluding carboxylic acids is 2. The third-order valence-electron chi connectivity index (χ3n) is 2.80. The fourth-order valence-corrected chi connectivity index (χ4v) is 1.88. The van der Waals surface area contributed by atoms with Crippen molar-refractivity contribution in [2.75, 3.05) is 18.5 Å². The van der Waals surface area contributed by atoms with Crippen LogP contribution < -0.4 is 16.8 Å². The van der Waals surface area contributed by atoms with Crippen LogP contribution in [0.5, 0.6) is 0 Å². The summed E-state index contributed by atoms with van der Waals surface area (Å²) in [4.78, 5) is 22.4. The lowest BCUT2D eigenvalue weighted by Gasteiger charge is -2.13. The monoisotopic (exact) mass is 249 g/mol. The Kier molecular flexibility index (Phi) is 3.47. The number of anilines is 1. The zero-order valence-electron chi connectivity index (χ0n) is 9.81. The van der Waals surface area contributed by atoms with E-state index in [1.807, 2.05) is 0 Å². The minimum atomic E-state index is -0.594. The predicted octanol–water partition coefficient (Wildman–Crippen LogP) is 0.0852. The second-order valence-electron chi connectivity index (χ2n) is 4.23. The fourth-order valence-electron chi connectivity index (χ4n) is 1.88. The summed E-state index contributed by atoms with van der Waals surface area (Å²) in [6, 6.07) is 4.77. The van der Waals surface area contributed by atoms with E-state index in [9.17, 15) is 9.59 Å². The Labute approximate surface area is 104 Å². The number of nitrogens with two attached hydrogens (primary N) is 2. The van der Waals surface area contributed by atoms with Crippen LogP contribution in [0.2, 0.25) is 0 Å². The molecule has 6 heteroatoms. The van der Waals surface area contributed by atoms with Crippen LogP contribution in [0.25, 0.3) is 0 Å². The minimum Gasteiger partial charge on any atom is -0.380 e. The van der Waals surface area contributed by atoms with Gasteiger partial charge in [0, 0.05) is 23.4 Å². The van der Waals surface area contributed by atoms with Crippen molar-refractivity contribution in [3.8, 4) is 0 Å². The average Bonchev–Trinajstić information content (AvgIpc) is 2.81. The highest BCUT2D eigenvalue weighted by Crippen LogP contribution is 2.18. The van der Waals surface area contributed by atoms with Crippen molar-refractivity contribution in [1.82, 2.24) is 0 Å². The van der Waals surface area contributed by atoms with Gasteiger partial charge in [-0.1, -0.05) is 0 Å². The first kappa shape index (κ1) is 12.4. The molecule has 1 aromatic carbocycles. The van der Waals surface area contributed by atoms with Gasteiger partial charge in [-0.25, -0.2) is 0 Å². The highest BCUT2D eigenvalue weighted by Gasteiger charge is 2.16. The minimum absolute atomic E-state index is 0.175. The second kappa shape index (κ2) is 5.05. The molecule has 1 unspecified atom stereocenters. The zero-order valence-corrected chi connectivity index (χ0v) is 9.81. The van der Waals surface area contributed by atoms with E-state index >= 15 is 0 Å². The lowest BCUT2D eigenvalue weighted by Crippen LogP contribution is -2.21. The van der Waals surface area contributed by atoms with Crippen LogP contribution >= 0.6 is 0 Å². The quantitative estimate of drug-likeness (QED) is 0.702. The maximum absolute atomic E-state index is 11.2. The summed E-state index contributed by atoms with van der Waals surface area (Å²) in [5.41, 5.74) is 11.6. The van der Waals surface area contributed by atoms with Gasteiger partial charge >= 0.3 is 0 Å². The Bertz CT molecular complexity index is 449. The summed E-state index contributed by atoms with van der Waals surface area (Å²) in [5, 5.41) is 3.19. The molecule has 0 bridgehead atoms. The Hall–Kier alpha value is -2.08. The van der Waals surface area contributed by atoms with Gasteiger partial charge in [-0.3, -0.25) is 9.59 Å². The molecule has 0 saturated carbocycles. The molecule has 0 spiro atoms. The van der Waals surface area contributed by atoms with Crippen molar-refractivity contribution in [2.45, 2.75) is 12.5 Å². The molecule has 1 atom stereocenters. The molecule has 0 aromatic heterocycles. The van der Waals surface area contributed by atoms with Crippen LogP contribution in [0.4, 0.5) is 5.69 Å². The zero-order chi connectivity index (χ0) is 13.1. The highest BCUT2D eigenvalue weighted by atomic mass is 16.5. The number of carbonyl (C=O) groups is 2. The van der Waals surface area contributed by atoms with Crippen LogP contribution in [0, 0.1) is 0 Å². The number of amides is 2. The molecule has 6 nitrogen and oxygen atoms in total. The number of primary amides is 2. The normalized spacial score (nSPS) is 18.6. The topological polar surface area (TPSA) is 107 Å². The van der Waals surface area contributed by atoms with Gasteiger partial charge in [-0.2, -0.15) is 0 Å². The van der Waals surface area contributed by atoms with E-state index in [0.29, 0.717) is 18.9 Å².